The summed E-state index contributed by atoms with van der Waals surface area (Å²) in [6.45, 7) is 0. The molecule has 0 aliphatic carbocycles. The Kier molecular flexibility index (Phi) is 3.89. The van der Waals surface area contributed by atoms with Crippen LogP contribution in [0.25, 0.3) is 22.0 Å². The van der Waals surface area contributed by atoms with Gasteiger partial charge in [0.05, 0.1) is 12.8 Å². The highest BCUT2D eigenvalue weighted by molar-refractivity contribution is 7.14. The minimum absolute atomic E-state index is 0.850. The summed E-state index contributed by atoms with van der Waals surface area (Å²) in [4.78, 5) is 4.70. The van der Waals surface area contributed by atoms with E-state index in [9.17, 15) is 0 Å². The summed E-state index contributed by atoms with van der Waals surface area (Å²) in [5.41, 5.74) is 3.12. The molecule has 0 atom stereocenters. The SMILES string of the molecule is COc1ccc(-c2csc(Nc3cccc4ccccc34)n2)cc1. The molecular weight excluding hydrogens is 316 g/mol. The number of anilines is 2. The van der Waals surface area contributed by atoms with Crippen LogP contribution in [-0.4, -0.2) is 12.1 Å². The minimum Gasteiger partial charge on any atom is -0.497 e. The van der Waals surface area contributed by atoms with Crippen LogP contribution in [0, 0.1) is 0 Å². The third kappa shape index (κ3) is 2.84. The molecule has 24 heavy (non-hydrogen) atoms. The molecule has 4 aromatic rings. The van der Waals surface area contributed by atoms with Crippen molar-refractivity contribution >= 4 is 32.9 Å². The molecule has 1 heterocycles. The van der Waals surface area contributed by atoms with Crippen molar-refractivity contribution in [3.05, 3.63) is 72.1 Å². The number of thiazole rings is 1. The average molecular weight is 332 g/mol. The van der Waals surface area contributed by atoms with Crippen LogP contribution < -0.4 is 10.1 Å². The van der Waals surface area contributed by atoms with Crippen molar-refractivity contribution in [3.8, 4) is 17.0 Å². The maximum Gasteiger partial charge on any atom is 0.187 e. The molecule has 4 heteroatoms. The lowest BCUT2D eigenvalue weighted by Crippen LogP contribution is -1.91. The van der Waals surface area contributed by atoms with Gasteiger partial charge in [-0.1, -0.05) is 36.4 Å². The Bertz CT molecular complexity index is 971. The summed E-state index contributed by atoms with van der Waals surface area (Å²) in [5.74, 6) is 0.850. The van der Waals surface area contributed by atoms with E-state index in [1.165, 1.54) is 10.8 Å². The topological polar surface area (TPSA) is 34.1 Å². The third-order valence-corrected chi connectivity index (χ3v) is 4.68. The van der Waals surface area contributed by atoms with Gasteiger partial charge >= 0.3 is 0 Å². The minimum atomic E-state index is 0.850. The number of rotatable bonds is 4. The summed E-state index contributed by atoms with van der Waals surface area (Å²) in [7, 11) is 1.67. The predicted octanol–water partition coefficient (Wildman–Crippen LogP) is 5.72. The molecule has 0 amide bonds. The van der Waals surface area contributed by atoms with E-state index in [0.717, 1.165) is 27.8 Å². The fourth-order valence-electron chi connectivity index (χ4n) is 2.68. The second kappa shape index (κ2) is 6.34. The molecule has 0 bridgehead atoms. The molecule has 3 aromatic carbocycles. The maximum absolute atomic E-state index is 5.20. The van der Waals surface area contributed by atoms with E-state index in [1.54, 1.807) is 18.4 Å². The molecule has 0 aliphatic rings. The van der Waals surface area contributed by atoms with Crippen LogP contribution in [0.4, 0.5) is 10.8 Å². The van der Waals surface area contributed by atoms with Crippen LogP contribution in [0.5, 0.6) is 5.75 Å². The predicted molar refractivity (Wildman–Crippen MR) is 101 cm³/mol. The van der Waals surface area contributed by atoms with E-state index < -0.39 is 0 Å². The van der Waals surface area contributed by atoms with Crippen molar-refractivity contribution in [2.24, 2.45) is 0 Å². The highest BCUT2D eigenvalue weighted by atomic mass is 32.1. The Morgan fingerprint density at radius 2 is 1.71 bits per heavy atom. The normalized spacial score (nSPS) is 10.7. The van der Waals surface area contributed by atoms with E-state index in [1.807, 2.05) is 24.3 Å². The zero-order chi connectivity index (χ0) is 16.4. The summed E-state index contributed by atoms with van der Waals surface area (Å²) in [6, 6.07) is 22.5. The number of ether oxygens (including phenoxy) is 1. The van der Waals surface area contributed by atoms with Gasteiger partial charge in [-0.3, -0.25) is 0 Å². The fraction of sp³-hybridized carbons (Fsp3) is 0.0500. The second-order valence-electron chi connectivity index (χ2n) is 5.42. The van der Waals surface area contributed by atoms with Crippen LogP contribution in [0.2, 0.25) is 0 Å². The molecule has 0 saturated carbocycles. The summed E-state index contributed by atoms with van der Waals surface area (Å²) < 4.78 is 5.20. The van der Waals surface area contributed by atoms with Crippen molar-refractivity contribution in [2.75, 3.05) is 12.4 Å². The van der Waals surface area contributed by atoms with Crippen molar-refractivity contribution in [1.82, 2.24) is 4.98 Å². The van der Waals surface area contributed by atoms with E-state index in [2.05, 4.69) is 53.2 Å². The van der Waals surface area contributed by atoms with Gasteiger partial charge in [0.25, 0.3) is 0 Å². The molecule has 1 aromatic heterocycles. The molecule has 4 rings (SSSR count). The Morgan fingerprint density at radius 1 is 0.917 bits per heavy atom. The quantitative estimate of drug-likeness (QED) is 0.519. The molecule has 0 saturated heterocycles. The lowest BCUT2D eigenvalue weighted by molar-refractivity contribution is 0.415. The fourth-order valence-corrected chi connectivity index (χ4v) is 3.41. The molecule has 118 valence electrons. The number of methoxy groups -OCH3 is 1. The highest BCUT2D eigenvalue weighted by Crippen LogP contribution is 2.31. The molecule has 0 aliphatic heterocycles. The molecule has 1 N–H and O–H groups in total. The molecule has 0 fully saturated rings. The molecule has 0 spiro atoms. The summed E-state index contributed by atoms with van der Waals surface area (Å²) in [6.07, 6.45) is 0. The van der Waals surface area contributed by atoms with Gasteiger partial charge in [0, 0.05) is 22.0 Å². The molecule has 3 nitrogen and oxygen atoms in total. The number of benzene rings is 3. The lowest BCUT2D eigenvalue weighted by Gasteiger charge is -2.07. The molecule has 0 radical (unpaired) electrons. The van der Waals surface area contributed by atoms with Crippen molar-refractivity contribution in [1.29, 1.82) is 0 Å². The standard InChI is InChI=1S/C20H16N2OS/c1-23-16-11-9-15(10-12-16)19-13-24-20(22-19)21-18-8-4-6-14-5-2-3-7-17(14)18/h2-13H,1H3,(H,21,22). The van der Waals surface area contributed by atoms with E-state index in [-0.39, 0.29) is 0 Å². The van der Waals surface area contributed by atoms with Gasteiger partial charge in [0.15, 0.2) is 5.13 Å². The van der Waals surface area contributed by atoms with Gasteiger partial charge in [0.2, 0.25) is 0 Å². The number of hydrogen-bond acceptors (Lipinski definition) is 4. The van der Waals surface area contributed by atoms with Crippen LogP contribution in [0.15, 0.2) is 72.1 Å². The van der Waals surface area contributed by atoms with Gasteiger partial charge < -0.3 is 10.1 Å². The largest absolute Gasteiger partial charge is 0.497 e. The third-order valence-electron chi connectivity index (χ3n) is 3.92. The van der Waals surface area contributed by atoms with Crippen LogP contribution in [-0.2, 0) is 0 Å². The van der Waals surface area contributed by atoms with Gasteiger partial charge in [-0.2, -0.15) is 0 Å². The highest BCUT2D eigenvalue weighted by Gasteiger charge is 2.07. The van der Waals surface area contributed by atoms with Crippen molar-refractivity contribution in [3.63, 3.8) is 0 Å². The Labute approximate surface area is 144 Å². The molecular formula is C20H16N2OS. The Hall–Kier alpha value is -2.85. The van der Waals surface area contributed by atoms with Crippen LogP contribution in [0.1, 0.15) is 0 Å². The number of fused-ring (bicyclic) bond motifs is 1. The second-order valence-corrected chi connectivity index (χ2v) is 6.28. The maximum atomic E-state index is 5.20. The van der Waals surface area contributed by atoms with Crippen molar-refractivity contribution in [2.45, 2.75) is 0 Å². The van der Waals surface area contributed by atoms with E-state index in [4.69, 9.17) is 9.72 Å². The van der Waals surface area contributed by atoms with Gasteiger partial charge in [-0.15, -0.1) is 11.3 Å². The van der Waals surface area contributed by atoms with Crippen molar-refractivity contribution < 1.29 is 4.74 Å². The summed E-state index contributed by atoms with van der Waals surface area (Å²) in [5, 5.41) is 8.81. The smallest absolute Gasteiger partial charge is 0.187 e. The number of hydrogen-bond donors (Lipinski definition) is 1. The first kappa shape index (κ1) is 14.7. The first-order valence-corrected chi connectivity index (χ1v) is 8.56. The van der Waals surface area contributed by atoms with Gasteiger partial charge in [-0.05, 0) is 35.7 Å². The van der Waals surface area contributed by atoms with Gasteiger partial charge in [-0.25, -0.2) is 4.98 Å². The number of nitrogens with one attached hydrogen (secondary N) is 1. The van der Waals surface area contributed by atoms with Crippen LogP contribution >= 0.6 is 11.3 Å². The zero-order valence-electron chi connectivity index (χ0n) is 13.2. The monoisotopic (exact) mass is 332 g/mol. The summed E-state index contributed by atoms with van der Waals surface area (Å²) >= 11 is 1.60. The Balaban J connectivity index is 1.62. The van der Waals surface area contributed by atoms with Gasteiger partial charge in [0.1, 0.15) is 5.75 Å². The molecule has 0 unspecified atom stereocenters. The van der Waals surface area contributed by atoms with Crippen LogP contribution in [0.3, 0.4) is 0 Å². The van der Waals surface area contributed by atoms with E-state index >= 15 is 0 Å². The number of nitrogens with zero attached hydrogens (tertiary/aromatic N) is 1. The van der Waals surface area contributed by atoms with E-state index in [0.29, 0.717) is 0 Å². The Morgan fingerprint density at radius 3 is 2.54 bits per heavy atom. The first-order chi connectivity index (χ1) is 11.8. The zero-order valence-corrected chi connectivity index (χ0v) is 14.0. The average Bonchev–Trinajstić information content (AvgIpc) is 3.11. The first-order valence-electron chi connectivity index (χ1n) is 7.68. The number of aromatic nitrogens is 1. The lowest BCUT2D eigenvalue weighted by atomic mass is 10.1.